The number of nitrogens with zero attached hydrogens (tertiary/aromatic N) is 4. The molecular weight excluding hydrogens is 477 g/mol. The highest BCUT2D eigenvalue weighted by Gasteiger charge is 2.19. The van der Waals surface area contributed by atoms with Gasteiger partial charge in [-0.25, -0.2) is 9.98 Å². The number of unbranched alkanes of at least 4 members (excludes halogenated alkanes) is 1. The van der Waals surface area contributed by atoms with Gasteiger partial charge in [-0.05, 0) is 44.4 Å². The van der Waals surface area contributed by atoms with Crippen molar-refractivity contribution < 1.29 is 0 Å². The summed E-state index contributed by atoms with van der Waals surface area (Å²) in [7, 11) is 0. The Kier molecular flexibility index (Phi) is 10.4. The zero-order chi connectivity index (χ0) is 19.6. The summed E-state index contributed by atoms with van der Waals surface area (Å²) in [6.07, 6.45) is 6.45. The first-order valence-corrected chi connectivity index (χ1v) is 10.5. The average Bonchev–Trinajstić information content (AvgIpc) is 3.27. The van der Waals surface area contributed by atoms with E-state index in [1.165, 1.54) is 51.6 Å². The van der Waals surface area contributed by atoms with E-state index in [4.69, 9.17) is 4.99 Å². The van der Waals surface area contributed by atoms with Crippen LogP contribution in [0.25, 0.3) is 11.4 Å². The molecule has 7 nitrogen and oxygen atoms in total. The van der Waals surface area contributed by atoms with E-state index in [1.54, 1.807) is 0 Å². The molecule has 2 heterocycles. The third-order valence-corrected chi connectivity index (χ3v) is 5.14. The number of hydrogen-bond donors (Lipinski definition) is 3. The van der Waals surface area contributed by atoms with Gasteiger partial charge >= 0.3 is 0 Å². The van der Waals surface area contributed by atoms with E-state index in [0.29, 0.717) is 12.6 Å². The molecule has 29 heavy (non-hydrogen) atoms. The Morgan fingerprint density at radius 2 is 2.10 bits per heavy atom. The number of benzene rings is 1. The largest absolute Gasteiger partial charge is 0.357 e. The van der Waals surface area contributed by atoms with Crippen LogP contribution in [0.15, 0.2) is 35.6 Å². The highest BCUT2D eigenvalue weighted by atomic mass is 127. The quantitative estimate of drug-likeness (QED) is 0.288. The lowest BCUT2D eigenvalue weighted by Gasteiger charge is -2.33. The fourth-order valence-corrected chi connectivity index (χ4v) is 3.53. The Morgan fingerprint density at radius 3 is 2.79 bits per heavy atom. The van der Waals surface area contributed by atoms with Crippen molar-refractivity contribution in [1.29, 1.82) is 0 Å². The molecule has 0 saturated carbocycles. The number of piperidine rings is 1. The number of rotatable bonds is 8. The molecule has 8 heteroatoms. The van der Waals surface area contributed by atoms with Gasteiger partial charge in [-0.3, -0.25) is 5.10 Å². The number of H-pyrrole nitrogens is 1. The molecule has 2 aromatic rings. The van der Waals surface area contributed by atoms with Crippen LogP contribution in [0.2, 0.25) is 0 Å². The average molecular weight is 511 g/mol. The molecule has 3 N–H and O–H groups in total. The third-order valence-electron chi connectivity index (χ3n) is 5.14. The molecule has 0 unspecified atom stereocenters. The van der Waals surface area contributed by atoms with Crippen molar-refractivity contribution in [3.05, 3.63) is 36.2 Å². The molecular formula is C21H34IN7. The number of aromatic amines is 1. The van der Waals surface area contributed by atoms with Crippen molar-refractivity contribution in [3.8, 4) is 11.4 Å². The number of guanidine groups is 1. The summed E-state index contributed by atoms with van der Waals surface area (Å²) in [5, 5.41) is 13.9. The van der Waals surface area contributed by atoms with Gasteiger partial charge in [-0.2, -0.15) is 5.10 Å². The summed E-state index contributed by atoms with van der Waals surface area (Å²) in [6, 6.07) is 8.77. The van der Waals surface area contributed by atoms with Crippen molar-refractivity contribution in [2.24, 2.45) is 4.99 Å². The maximum Gasteiger partial charge on any atom is 0.191 e. The van der Waals surface area contributed by atoms with Gasteiger partial charge in [-0.15, -0.1) is 24.0 Å². The molecule has 1 fully saturated rings. The Hall–Kier alpha value is -1.68. The minimum atomic E-state index is 0. The molecule has 3 rings (SSSR count). The second-order valence-corrected chi connectivity index (χ2v) is 7.34. The normalized spacial score (nSPS) is 15.7. The lowest BCUT2D eigenvalue weighted by molar-refractivity contribution is 0.203. The van der Waals surface area contributed by atoms with Crippen LogP contribution in [0, 0.1) is 0 Å². The van der Waals surface area contributed by atoms with Gasteiger partial charge in [-0.1, -0.05) is 31.5 Å². The molecule has 1 aliphatic rings. The van der Waals surface area contributed by atoms with Crippen LogP contribution in [0.5, 0.6) is 0 Å². The van der Waals surface area contributed by atoms with Crippen molar-refractivity contribution in [2.75, 3.05) is 26.2 Å². The van der Waals surface area contributed by atoms with Crippen LogP contribution in [0.4, 0.5) is 0 Å². The molecule has 1 aromatic carbocycles. The second-order valence-electron chi connectivity index (χ2n) is 7.34. The maximum absolute atomic E-state index is 4.80. The number of likely N-dealkylation sites (tertiary alicyclic amines) is 1. The number of hydrogen-bond acceptors (Lipinski definition) is 4. The summed E-state index contributed by atoms with van der Waals surface area (Å²) in [4.78, 5) is 11.6. The first-order valence-electron chi connectivity index (χ1n) is 10.5. The smallest absolute Gasteiger partial charge is 0.191 e. The molecule has 1 saturated heterocycles. The summed E-state index contributed by atoms with van der Waals surface area (Å²) >= 11 is 0. The predicted molar refractivity (Wildman–Crippen MR) is 130 cm³/mol. The maximum atomic E-state index is 4.80. The van der Waals surface area contributed by atoms with E-state index >= 15 is 0 Å². The van der Waals surface area contributed by atoms with E-state index < -0.39 is 0 Å². The lowest BCUT2D eigenvalue weighted by atomic mass is 10.0. The fraction of sp³-hybridized carbons (Fsp3) is 0.571. The van der Waals surface area contributed by atoms with Crippen LogP contribution in [0.3, 0.4) is 0 Å². The van der Waals surface area contributed by atoms with Crippen molar-refractivity contribution in [2.45, 2.75) is 52.1 Å². The predicted octanol–water partition coefficient (Wildman–Crippen LogP) is 3.41. The number of nitrogens with one attached hydrogen (secondary N) is 3. The zero-order valence-electron chi connectivity index (χ0n) is 17.5. The Labute approximate surface area is 191 Å². The molecule has 160 valence electrons. The molecule has 1 aliphatic heterocycles. The SMILES string of the molecule is CCCCN1CCC(NC(=NCc2cccc(-c3ncn[nH]3)c2)NCC)CC1.I. The number of aromatic nitrogens is 3. The summed E-state index contributed by atoms with van der Waals surface area (Å²) in [5.74, 6) is 1.69. The number of aliphatic imine (C=N–C) groups is 1. The molecule has 0 bridgehead atoms. The first kappa shape index (κ1) is 23.6. The zero-order valence-corrected chi connectivity index (χ0v) is 19.9. The van der Waals surface area contributed by atoms with Crippen molar-refractivity contribution >= 4 is 29.9 Å². The van der Waals surface area contributed by atoms with Gasteiger partial charge in [0.1, 0.15) is 6.33 Å². The second kappa shape index (κ2) is 12.8. The molecule has 0 spiro atoms. The number of halogens is 1. The Morgan fingerprint density at radius 1 is 1.28 bits per heavy atom. The lowest BCUT2D eigenvalue weighted by Crippen LogP contribution is -2.48. The van der Waals surface area contributed by atoms with E-state index in [2.05, 4.69) is 56.7 Å². The monoisotopic (exact) mass is 511 g/mol. The molecule has 1 aromatic heterocycles. The van der Waals surface area contributed by atoms with Gasteiger partial charge in [0.15, 0.2) is 11.8 Å². The Balaban J connectivity index is 0.00000300. The molecule has 0 aliphatic carbocycles. The van der Waals surface area contributed by atoms with Gasteiger partial charge in [0.25, 0.3) is 0 Å². The van der Waals surface area contributed by atoms with Crippen LogP contribution in [-0.4, -0.2) is 58.3 Å². The molecule has 0 atom stereocenters. The topological polar surface area (TPSA) is 81.2 Å². The summed E-state index contributed by atoms with van der Waals surface area (Å²) < 4.78 is 0. The van der Waals surface area contributed by atoms with E-state index in [1.807, 2.05) is 12.1 Å². The van der Waals surface area contributed by atoms with Crippen molar-refractivity contribution in [1.82, 2.24) is 30.7 Å². The molecule has 0 amide bonds. The van der Waals surface area contributed by atoms with Gasteiger partial charge in [0.2, 0.25) is 0 Å². The minimum Gasteiger partial charge on any atom is -0.357 e. The first-order chi connectivity index (χ1) is 13.8. The fourth-order valence-electron chi connectivity index (χ4n) is 3.53. The van der Waals surface area contributed by atoms with Crippen LogP contribution in [0.1, 0.15) is 45.1 Å². The van der Waals surface area contributed by atoms with Crippen LogP contribution < -0.4 is 10.6 Å². The van der Waals surface area contributed by atoms with Gasteiger partial charge in [0.05, 0.1) is 6.54 Å². The van der Waals surface area contributed by atoms with Crippen LogP contribution in [-0.2, 0) is 6.54 Å². The third kappa shape index (κ3) is 7.58. The van der Waals surface area contributed by atoms with Crippen LogP contribution >= 0.6 is 24.0 Å². The summed E-state index contributed by atoms with van der Waals surface area (Å²) in [5.41, 5.74) is 2.18. The summed E-state index contributed by atoms with van der Waals surface area (Å²) in [6.45, 7) is 9.45. The highest BCUT2D eigenvalue weighted by Crippen LogP contribution is 2.16. The highest BCUT2D eigenvalue weighted by molar-refractivity contribution is 14.0. The van der Waals surface area contributed by atoms with Gasteiger partial charge in [0, 0.05) is 31.2 Å². The van der Waals surface area contributed by atoms with E-state index in [-0.39, 0.29) is 24.0 Å². The van der Waals surface area contributed by atoms with Crippen molar-refractivity contribution in [3.63, 3.8) is 0 Å². The standard InChI is InChI=1S/C21H33N7.HI/c1-3-5-11-28-12-9-19(10-13-28)26-21(22-4-2)23-15-17-7-6-8-18(14-17)20-24-16-25-27-20;/h6-8,14,16,19H,3-5,9-13,15H2,1-2H3,(H2,22,23,26)(H,24,25,27);1H. The Bertz CT molecular complexity index is 724. The van der Waals surface area contributed by atoms with E-state index in [9.17, 15) is 0 Å². The van der Waals surface area contributed by atoms with E-state index in [0.717, 1.165) is 29.5 Å². The molecule has 0 radical (unpaired) electrons. The van der Waals surface area contributed by atoms with Gasteiger partial charge < -0.3 is 15.5 Å². The minimum absolute atomic E-state index is 0.